The maximum absolute atomic E-state index is 12.6. The molecule has 5 nitrogen and oxygen atoms in total. The molecule has 1 aliphatic rings. The first-order chi connectivity index (χ1) is 15.2. The maximum atomic E-state index is 12.6. The third-order valence-electron chi connectivity index (χ3n) is 5.91. The third-order valence-corrected chi connectivity index (χ3v) is 5.91. The van der Waals surface area contributed by atoms with Crippen LogP contribution in [0.1, 0.15) is 17.5 Å². The van der Waals surface area contributed by atoms with E-state index in [4.69, 9.17) is 0 Å². The molecular formula is C26H26N4O. The first kappa shape index (κ1) is 19.2. The van der Waals surface area contributed by atoms with E-state index in [9.17, 15) is 4.79 Å². The standard InChI is InChI=1S/C26H26N4O/c1-29-15-13-21-17-23(11-12-24(21)29)28-26(31)27-22-9-4-6-19(16-22)18-30-14-5-8-20-7-2-3-10-25(20)30/h2-4,6-7,9-13,15-17H,5,8,14,18H2,1H3,(H2,27,28,31). The molecule has 0 unspecified atom stereocenters. The summed E-state index contributed by atoms with van der Waals surface area (Å²) in [7, 11) is 2.01. The summed E-state index contributed by atoms with van der Waals surface area (Å²) in [5.41, 5.74) is 6.62. The van der Waals surface area contributed by atoms with Gasteiger partial charge in [0.2, 0.25) is 0 Å². The molecular weight excluding hydrogens is 384 g/mol. The maximum Gasteiger partial charge on any atom is 0.323 e. The third kappa shape index (κ3) is 4.12. The SMILES string of the molecule is Cn1ccc2cc(NC(=O)Nc3cccc(CN4CCCc5ccccc54)c3)ccc21. The van der Waals surface area contributed by atoms with Gasteiger partial charge in [-0.05, 0) is 66.4 Å². The number of nitrogens with zero attached hydrogens (tertiary/aromatic N) is 2. The van der Waals surface area contributed by atoms with Crippen LogP contribution in [0.15, 0.2) is 79.0 Å². The molecule has 0 fully saturated rings. The first-order valence-electron chi connectivity index (χ1n) is 10.7. The van der Waals surface area contributed by atoms with E-state index in [1.54, 1.807) is 0 Å². The lowest BCUT2D eigenvalue weighted by Gasteiger charge is -2.31. The van der Waals surface area contributed by atoms with Gasteiger partial charge >= 0.3 is 6.03 Å². The summed E-state index contributed by atoms with van der Waals surface area (Å²) in [5, 5.41) is 7.00. The van der Waals surface area contributed by atoms with E-state index in [2.05, 4.69) is 56.5 Å². The van der Waals surface area contributed by atoms with Crippen LogP contribution in [0.2, 0.25) is 0 Å². The average Bonchev–Trinajstić information content (AvgIpc) is 3.14. The topological polar surface area (TPSA) is 49.3 Å². The minimum absolute atomic E-state index is 0.240. The minimum atomic E-state index is -0.240. The molecule has 0 atom stereocenters. The van der Waals surface area contributed by atoms with Crippen LogP contribution in [0, 0.1) is 0 Å². The Bertz CT molecular complexity index is 1240. The molecule has 5 rings (SSSR count). The van der Waals surface area contributed by atoms with Gasteiger partial charge < -0.3 is 20.1 Å². The molecule has 156 valence electrons. The summed E-state index contributed by atoms with van der Waals surface area (Å²) in [6.45, 7) is 1.88. The van der Waals surface area contributed by atoms with Gasteiger partial charge in [-0.1, -0.05) is 30.3 Å². The molecule has 0 saturated heterocycles. The highest BCUT2D eigenvalue weighted by Gasteiger charge is 2.16. The second-order valence-electron chi connectivity index (χ2n) is 8.13. The molecule has 0 radical (unpaired) electrons. The summed E-state index contributed by atoms with van der Waals surface area (Å²) < 4.78 is 2.06. The van der Waals surface area contributed by atoms with Crippen molar-refractivity contribution in [1.82, 2.24) is 4.57 Å². The summed E-state index contributed by atoms with van der Waals surface area (Å²) in [4.78, 5) is 15.0. The molecule has 1 aromatic heterocycles. The van der Waals surface area contributed by atoms with Crippen molar-refractivity contribution < 1.29 is 4.79 Å². The summed E-state index contributed by atoms with van der Waals surface area (Å²) in [6, 6.07) is 24.5. The van der Waals surface area contributed by atoms with Gasteiger partial charge in [0, 0.05) is 54.3 Å². The second-order valence-corrected chi connectivity index (χ2v) is 8.13. The average molecular weight is 411 g/mol. The lowest BCUT2D eigenvalue weighted by atomic mass is 10.0. The smallest absolute Gasteiger partial charge is 0.323 e. The number of hydrogen-bond donors (Lipinski definition) is 2. The Hall–Kier alpha value is -3.73. The molecule has 31 heavy (non-hydrogen) atoms. The van der Waals surface area contributed by atoms with Gasteiger partial charge in [0.1, 0.15) is 0 Å². The zero-order valence-electron chi connectivity index (χ0n) is 17.6. The first-order valence-corrected chi connectivity index (χ1v) is 10.7. The van der Waals surface area contributed by atoms with E-state index in [1.165, 1.54) is 23.2 Å². The molecule has 0 saturated carbocycles. The number of benzene rings is 3. The number of rotatable bonds is 4. The monoisotopic (exact) mass is 410 g/mol. The quantitative estimate of drug-likeness (QED) is 0.448. The summed E-state index contributed by atoms with van der Waals surface area (Å²) in [6.07, 6.45) is 4.33. The number of carbonyl (C=O) groups is 1. The van der Waals surface area contributed by atoms with Crippen molar-refractivity contribution in [2.75, 3.05) is 22.1 Å². The molecule has 3 aromatic carbocycles. The van der Waals surface area contributed by atoms with Gasteiger partial charge in [0.25, 0.3) is 0 Å². The fourth-order valence-corrected chi connectivity index (χ4v) is 4.40. The Labute approximate surface area is 182 Å². The van der Waals surface area contributed by atoms with Crippen molar-refractivity contribution in [2.24, 2.45) is 7.05 Å². The number of fused-ring (bicyclic) bond motifs is 2. The Morgan fingerprint density at radius 1 is 0.935 bits per heavy atom. The Morgan fingerprint density at radius 2 is 1.77 bits per heavy atom. The number of aryl methyl sites for hydroxylation is 2. The Kier molecular flexibility index (Phi) is 5.08. The normalized spacial score (nSPS) is 13.1. The van der Waals surface area contributed by atoms with Gasteiger partial charge in [-0.25, -0.2) is 4.79 Å². The van der Waals surface area contributed by atoms with Gasteiger partial charge in [0.05, 0.1) is 0 Å². The van der Waals surface area contributed by atoms with Crippen LogP contribution < -0.4 is 15.5 Å². The predicted octanol–water partition coefficient (Wildman–Crippen LogP) is 5.78. The van der Waals surface area contributed by atoms with E-state index in [0.717, 1.165) is 41.8 Å². The molecule has 2 N–H and O–H groups in total. The molecule has 4 aromatic rings. The molecule has 5 heteroatoms. The highest BCUT2D eigenvalue weighted by Crippen LogP contribution is 2.28. The highest BCUT2D eigenvalue weighted by molar-refractivity contribution is 6.01. The number of nitrogens with one attached hydrogen (secondary N) is 2. The molecule has 0 bridgehead atoms. The van der Waals surface area contributed by atoms with E-state index >= 15 is 0 Å². The molecule has 0 spiro atoms. The molecule has 1 aliphatic heterocycles. The molecule has 2 amide bonds. The van der Waals surface area contributed by atoms with E-state index in [0.29, 0.717) is 0 Å². The van der Waals surface area contributed by atoms with Crippen molar-refractivity contribution >= 4 is 34.0 Å². The van der Waals surface area contributed by atoms with Crippen molar-refractivity contribution in [2.45, 2.75) is 19.4 Å². The van der Waals surface area contributed by atoms with Crippen molar-refractivity contribution in [3.63, 3.8) is 0 Å². The van der Waals surface area contributed by atoms with Crippen molar-refractivity contribution in [1.29, 1.82) is 0 Å². The predicted molar refractivity (Wildman–Crippen MR) is 128 cm³/mol. The molecule has 0 aliphatic carbocycles. The largest absolute Gasteiger partial charge is 0.367 e. The fourth-order valence-electron chi connectivity index (χ4n) is 4.40. The van der Waals surface area contributed by atoms with E-state index in [1.807, 2.05) is 49.6 Å². The highest BCUT2D eigenvalue weighted by atomic mass is 16.2. The Balaban J connectivity index is 1.26. The zero-order chi connectivity index (χ0) is 21.2. The number of para-hydroxylation sites is 1. The number of aromatic nitrogens is 1. The van der Waals surface area contributed by atoms with Crippen molar-refractivity contribution in [3.8, 4) is 0 Å². The zero-order valence-corrected chi connectivity index (χ0v) is 17.6. The van der Waals surface area contributed by atoms with Crippen LogP contribution in [0.5, 0.6) is 0 Å². The van der Waals surface area contributed by atoms with E-state index in [-0.39, 0.29) is 6.03 Å². The van der Waals surface area contributed by atoms with Gasteiger partial charge in [-0.3, -0.25) is 0 Å². The number of amides is 2. The summed E-state index contributed by atoms with van der Waals surface area (Å²) >= 11 is 0. The van der Waals surface area contributed by atoms with Crippen LogP contribution in [0.4, 0.5) is 21.9 Å². The number of urea groups is 1. The van der Waals surface area contributed by atoms with Crippen LogP contribution in [0.3, 0.4) is 0 Å². The van der Waals surface area contributed by atoms with Crippen molar-refractivity contribution in [3.05, 3.63) is 90.1 Å². The fraction of sp³-hybridized carbons (Fsp3) is 0.192. The number of carbonyl (C=O) groups excluding carboxylic acids is 1. The molecule has 2 heterocycles. The Morgan fingerprint density at radius 3 is 2.68 bits per heavy atom. The van der Waals surface area contributed by atoms with Crippen LogP contribution in [-0.2, 0) is 20.0 Å². The van der Waals surface area contributed by atoms with Gasteiger partial charge in [0.15, 0.2) is 0 Å². The van der Waals surface area contributed by atoms with Crippen LogP contribution >= 0.6 is 0 Å². The minimum Gasteiger partial charge on any atom is -0.367 e. The number of hydrogen-bond acceptors (Lipinski definition) is 2. The number of anilines is 3. The lowest BCUT2D eigenvalue weighted by molar-refractivity contribution is 0.262. The van der Waals surface area contributed by atoms with E-state index < -0.39 is 0 Å². The van der Waals surface area contributed by atoms with Crippen LogP contribution in [-0.4, -0.2) is 17.1 Å². The lowest BCUT2D eigenvalue weighted by Crippen LogP contribution is -2.28. The second kappa shape index (κ2) is 8.19. The van der Waals surface area contributed by atoms with Gasteiger partial charge in [-0.15, -0.1) is 0 Å². The van der Waals surface area contributed by atoms with Gasteiger partial charge in [-0.2, -0.15) is 0 Å². The van der Waals surface area contributed by atoms with Crippen LogP contribution in [0.25, 0.3) is 10.9 Å². The summed E-state index contributed by atoms with van der Waals surface area (Å²) in [5.74, 6) is 0.